The van der Waals surface area contributed by atoms with Gasteiger partial charge in [-0.05, 0) is 32.1 Å². The normalized spacial score (nSPS) is 24.8. The van der Waals surface area contributed by atoms with E-state index in [1.807, 2.05) is 11.8 Å². The molecule has 0 bridgehead atoms. The number of hydrogen-bond acceptors (Lipinski definition) is 4. The zero-order chi connectivity index (χ0) is 16.0. The SMILES string of the molecule is C[C@@H](NC(=O)[C@H]1CC(=O)N(CC2CC2)C1)c1nnc2n1CCC2. The smallest absolute Gasteiger partial charge is 0.226 e. The number of nitrogens with one attached hydrogen (secondary N) is 1. The van der Waals surface area contributed by atoms with E-state index in [9.17, 15) is 9.59 Å². The maximum atomic E-state index is 12.5. The van der Waals surface area contributed by atoms with Gasteiger partial charge in [-0.1, -0.05) is 0 Å². The molecule has 7 heteroatoms. The minimum Gasteiger partial charge on any atom is -0.346 e. The third kappa shape index (κ3) is 2.84. The average molecular weight is 317 g/mol. The number of carbonyl (C=O) groups is 2. The molecular weight excluding hydrogens is 294 g/mol. The highest BCUT2D eigenvalue weighted by Crippen LogP contribution is 2.32. The molecule has 1 saturated heterocycles. The first-order valence-corrected chi connectivity index (χ1v) is 8.62. The molecule has 3 heterocycles. The van der Waals surface area contributed by atoms with E-state index in [1.165, 1.54) is 12.8 Å². The molecule has 1 aromatic heterocycles. The number of amides is 2. The molecule has 0 spiro atoms. The molecule has 2 aliphatic heterocycles. The summed E-state index contributed by atoms with van der Waals surface area (Å²) in [5.41, 5.74) is 0. The van der Waals surface area contributed by atoms with Crippen molar-refractivity contribution in [1.82, 2.24) is 25.0 Å². The highest BCUT2D eigenvalue weighted by molar-refractivity contribution is 5.89. The van der Waals surface area contributed by atoms with E-state index in [0.29, 0.717) is 18.9 Å². The van der Waals surface area contributed by atoms with Gasteiger partial charge in [-0.25, -0.2) is 0 Å². The van der Waals surface area contributed by atoms with Crippen LogP contribution in [-0.4, -0.2) is 44.6 Å². The lowest BCUT2D eigenvalue weighted by atomic mass is 10.1. The standard InChI is InChI=1S/C16H23N5O2/c1-10(15-19-18-13-3-2-6-21(13)15)17-16(23)12-7-14(22)20(9-12)8-11-4-5-11/h10-12H,2-9H2,1H3,(H,17,23)/t10-,12+/m1/s1. The lowest BCUT2D eigenvalue weighted by Crippen LogP contribution is -2.35. The summed E-state index contributed by atoms with van der Waals surface area (Å²) in [6.07, 6.45) is 4.82. The topological polar surface area (TPSA) is 80.1 Å². The van der Waals surface area contributed by atoms with E-state index in [-0.39, 0.29) is 23.8 Å². The fourth-order valence-corrected chi connectivity index (χ4v) is 3.63. The Morgan fingerprint density at radius 3 is 3.00 bits per heavy atom. The summed E-state index contributed by atoms with van der Waals surface area (Å²) in [5, 5.41) is 11.4. The number of aryl methyl sites for hydroxylation is 1. The summed E-state index contributed by atoms with van der Waals surface area (Å²) in [4.78, 5) is 26.4. The van der Waals surface area contributed by atoms with E-state index in [1.54, 1.807) is 0 Å². The molecule has 0 aromatic carbocycles. The first-order chi connectivity index (χ1) is 11.1. The predicted octanol–water partition coefficient (Wildman–Crippen LogP) is 0.660. The number of carbonyl (C=O) groups excluding carboxylic acids is 2. The molecule has 3 aliphatic rings. The van der Waals surface area contributed by atoms with Crippen molar-refractivity contribution in [3.8, 4) is 0 Å². The molecule has 1 aliphatic carbocycles. The van der Waals surface area contributed by atoms with Gasteiger partial charge in [0, 0.05) is 32.5 Å². The molecule has 23 heavy (non-hydrogen) atoms. The fourth-order valence-electron chi connectivity index (χ4n) is 3.63. The molecule has 2 fully saturated rings. The van der Waals surface area contributed by atoms with Crippen molar-refractivity contribution >= 4 is 11.8 Å². The lowest BCUT2D eigenvalue weighted by molar-refractivity contribution is -0.129. The number of nitrogens with zero attached hydrogens (tertiary/aromatic N) is 4. The third-order valence-corrected chi connectivity index (χ3v) is 5.14. The quantitative estimate of drug-likeness (QED) is 0.865. The summed E-state index contributed by atoms with van der Waals surface area (Å²) >= 11 is 0. The van der Waals surface area contributed by atoms with Gasteiger partial charge in [0.15, 0.2) is 5.82 Å². The van der Waals surface area contributed by atoms with E-state index < -0.39 is 0 Å². The molecule has 1 N–H and O–H groups in total. The van der Waals surface area contributed by atoms with Crippen LogP contribution in [0.1, 0.15) is 50.3 Å². The van der Waals surface area contributed by atoms with Crippen molar-refractivity contribution in [2.45, 2.75) is 51.6 Å². The number of fused-ring (bicyclic) bond motifs is 1. The van der Waals surface area contributed by atoms with Gasteiger partial charge < -0.3 is 14.8 Å². The number of aromatic nitrogens is 3. The van der Waals surface area contributed by atoms with Crippen molar-refractivity contribution in [2.24, 2.45) is 11.8 Å². The Balaban J connectivity index is 1.36. The third-order valence-electron chi connectivity index (χ3n) is 5.14. The second-order valence-corrected chi connectivity index (χ2v) is 7.10. The molecule has 0 radical (unpaired) electrons. The van der Waals surface area contributed by atoms with Gasteiger partial charge in [0.25, 0.3) is 0 Å². The van der Waals surface area contributed by atoms with Crippen LogP contribution in [-0.2, 0) is 22.6 Å². The molecule has 1 saturated carbocycles. The van der Waals surface area contributed by atoms with Gasteiger partial charge in [-0.15, -0.1) is 10.2 Å². The molecule has 7 nitrogen and oxygen atoms in total. The molecule has 2 amide bonds. The largest absolute Gasteiger partial charge is 0.346 e. The number of likely N-dealkylation sites (tertiary alicyclic amines) is 1. The number of hydrogen-bond donors (Lipinski definition) is 1. The van der Waals surface area contributed by atoms with Crippen molar-refractivity contribution in [2.75, 3.05) is 13.1 Å². The van der Waals surface area contributed by atoms with Crippen LogP contribution in [0.4, 0.5) is 0 Å². The summed E-state index contributed by atoms with van der Waals surface area (Å²) in [5.74, 6) is 2.34. The second-order valence-electron chi connectivity index (χ2n) is 7.10. The highest BCUT2D eigenvalue weighted by Gasteiger charge is 2.37. The Morgan fingerprint density at radius 2 is 2.22 bits per heavy atom. The van der Waals surface area contributed by atoms with Gasteiger partial charge in [0.05, 0.1) is 12.0 Å². The van der Waals surface area contributed by atoms with Crippen LogP contribution < -0.4 is 5.32 Å². The summed E-state index contributed by atoms with van der Waals surface area (Å²) in [6, 6.07) is -0.172. The van der Waals surface area contributed by atoms with Crippen LogP contribution in [0, 0.1) is 11.8 Å². The Hall–Kier alpha value is -1.92. The second kappa shape index (κ2) is 5.62. The van der Waals surface area contributed by atoms with Crippen LogP contribution in [0.25, 0.3) is 0 Å². The van der Waals surface area contributed by atoms with Crippen molar-refractivity contribution in [3.63, 3.8) is 0 Å². The van der Waals surface area contributed by atoms with E-state index >= 15 is 0 Å². The Labute approximate surface area is 135 Å². The van der Waals surface area contributed by atoms with Crippen LogP contribution >= 0.6 is 0 Å². The highest BCUT2D eigenvalue weighted by atomic mass is 16.2. The molecule has 2 atom stereocenters. The molecule has 0 unspecified atom stereocenters. The van der Waals surface area contributed by atoms with E-state index in [2.05, 4.69) is 20.1 Å². The van der Waals surface area contributed by atoms with Gasteiger partial charge in [-0.3, -0.25) is 9.59 Å². The van der Waals surface area contributed by atoms with Crippen LogP contribution in [0.5, 0.6) is 0 Å². The molecule has 124 valence electrons. The van der Waals surface area contributed by atoms with Gasteiger partial charge in [-0.2, -0.15) is 0 Å². The maximum absolute atomic E-state index is 12.5. The maximum Gasteiger partial charge on any atom is 0.226 e. The Morgan fingerprint density at radius 1 is 1.39 bits per heavy atom. The fraction of sp³-hybridized carbons (Fsp3) is 0.750. The summed E-state index contributed by atoms with van der Waals surface area (Å²) in [6.45, 7) is 4.25. The molecular formula is C16H23N5O2. The lowest BCUT2D eigenvalue weighted by Gasteiger charge is -2.18. The van der Waals surface area contributed by atoms with Gasteiger partial charge in [0.1, 0.15) is 5.82 Å². The first kappa shape index (κ1) is 14.7. The minimum atomic E-state index is -0.232. The summed E-state index contributed by atoms with van der Waals surface area (Å²) < 4.78 is 2.10. The molecule has 4 rings (SSSR count). The van der Waals surface area contributed by atoms with Crippen LogP contribution in [0.2, 0.25) is 0 Å². The monoisotopic (exact) mass is 317 g/mol. The minimum absolute atomic E-state index is 0.0421. The van der Waals surface area contributed by atoms with E-state index in [4.69, 9.17) is 0 Å². The Bertz CT molecular complexity index is 636. The van der Waals surface area contributed by atoms with Gasteiger partial charge >= 0.3 is 0 Å². The zero-order valence-electron chi connectivity index (χ0n) is 13.5. The average Bonchev–Trinajstić information content (AvgIpc) is 2.91. The predicted molar refractivity (Wildman–Crippen MR) is 82.3 cm³/mol. The van der Waals surface area contributed by atoms with Crippen molar-refractivity contribution in [1.29, 1.82) is 0 Å². The number of rotatable bonds is 5. The van der Waals surface area contributed by atoms with Crippen LogP contribution in [0.3, 0.4) is 0 Å². The van der Waals surface area contributed by atoms with E-state index in [0.717, 1.165) is 37.6 Å². The summed E-state index contributed by atoms with van der Waals surface area (Å²) in [7, 11) is 0. The molecule has 1 aromatic rings. The Kier molecular flexibility index (Phi) is 3.58. The van der Waals surface area contributed by atoms with Crippen molar-refractivity contribution in [3.05, 3.63) is 11.6 Å². The van der Waals surface area contributed by atoms with Gasteiger partial charge in [0.2, 0.25) is 11.8 Å². The zero-order valence-corrected chi connectivity index (χ0v) is 13.5. The van der Waals surface area contributed by atoms with Crippen molar-refractivity contribution < 1.29 is 9.59 Å². The first-order valence-electron chi connectivity index (χ1n) is 8.62. The van der Waals surface area contributed by atoms with Crippen LogP contribution in [0.15, 0.2) is 0 Å².